The Bertz CT molecular complexity index is 293. The van der Waals surface area contributed by atoms with Crippen molar-refractivity contribution in [3.05, 3.63) is 11.4 Å². The Hall–Kier alpha value is -1.52. The summed E-state index contributed by atoms with van der Waals surface area (Å²) in [6.45, 7) is 2.38. The molecule has 0 aromatic rings. The van der Waals surface area contributed by atoms with Gasteiger partial charge < -0.3 is 16.8 Å². The molecule has 14 heavy (non-hydrogen) atoms. The van der Waals surface area contributed by atoms with Crippen LogP contribution in [-0.4, -0.2) is 18.3 Å². The lowest BCUT2D eigenvalue weighted by molar-refractivity contribution is -0.115. The highest BCUT2D eigenvalue weighted by Crippen LogP contribution is 2.08. The molecule has 0 aromatic heterocycles. The number of nitrogens with two attached hydrogens (primary N) is 2. The van der Waals surface area contributed by atoms with Gasteiger partial charge in [0.15, 0.2) is 5.78 Å². The summed E-state index contributed by atoms with van der Waals surface area (Å²) in [6, 6.07) is 0. The van der Waals surface area contributed by atoms with Crippen LogP contribution >= 0.6 is 0 Å². The quantitative estimate of drug-likeness (QED) is 0.582. The molecule has 0 amide bonds. The van der Waals surface area contributed by atoms with Gasteiger partial charge in [-0.2, -0.15) is 0 Å². The van der Waals surface area contributed by atoms with Gasteiger partial charge in [0.05, 0.1) is 5.57 Å². The zero-order valence-electron chi connectivity index (χ0n) is 8.34. The molecule has 0 bridgehead atoms. The zero-order chi connectivity index (χ0) is 10.6. The summed E-state index contributed by atoms with van der Waals surface area (Å²) in [6.07, 6.45) is 2.30. The monoisotopic (exact) mass is 196 g/mol. The number of hydrogen-bond donors (Lipinski definition) is 3. The molecule has 0 atom stereocenters. The van der Waals surface area contributed by atoms with E-state index in [0.29, 0.717) is 24.5 Å². The molecule has 0 saturated carbocycles. The van der Waals surface area contributed by atoms with Crippen LogP contribution in [0.25, 0.3) is 0 Å². The zero-order valence-corrected chi connectivity index (χ0v) is 8.34. The third kappa shape index (κ3) is 2.25. The Balaban J connectivity index is 2.74. The summed E-state index contributed by atoms with van der Waals surface area (Å²) in [5, 5.41) is 2.79. The average molecular weight is 196 g/mol. The van der Waals surface area contributed by atoms with Crippen molar-refractivity contribution in [3.63, 3.8) is 0 Å². The fraction of sp³-hybridized carbons (Fsp3) is 0.556. The predicted molar refractivity (Wildman–Crippen MR) is 55.4 cm³/mol. The van der Waals surface area contributed by atoms with Crippen molar-refractivity contribution < 1.29 is 4.79 Å². The molecule has 0 spiro atoms. The molecular formula is C9H16N4O. The molecule has 0 aromatic carbocycles. The standard InChI is InChI=1S/C9H16N4O/c1-2-3-4-6(14)7-8(10)12-5-13-9(7)11/h12H,2-5,10H2,1H3,(H2,11,13). The van der Waals surface area contributed by atoms with Crippen molar-refractivity contribution in [1.29, 1.82) is 0 Å². The summed E-state index contributed by atoms with van der Waals surface area (Å²) >= 11 is 0. The van der Waals surface area contributed by atoms with Gasteiger partial charge >= 0.3 is 0 Å². The molecule has 1 rings (SSSR count). The molecule has 0 fully saturated rings. The molecule has 5 N–H and O–H groups in total. The van der Waals surface area contributed by atoms with E-state index in [-0.39, 0.29) is 11.6 Å². The van der Waals surface area contributed by atoms with E-state index in [9.17, 15) is 4.79 Å². The normalized spacial score (nSPS) is 16.2. The maximum Gasteiger partial charge on any atom is 0.170 e. The molecule has 0 unspecified atom stereocenters. The largest absolute Gasteiger partial charge is 0.385 e. The highest BCUT2D eigenvalue weighted by Gasteiger charge is 2.19. The van der Waals surface area contributed by atoms with Crippen molar-refractivity contribution in [2.75, 3.05) is 6.67 Å². The molecular weight excluding hydrogens is 180 g/mol. The van der Waals surface area contributed by atoms with Crippen LogP contribution in [0, 0.1) is 0 Å². The molecule has 5 heteroatoms. The molecule has 1 heterocycles. The maximum atomic E-state index is 11.6. The Morgan fingerprint density at radius 1 is 1.57 bits per heavy atom. The number of rotatable bonds is 4. The van der Waals surface area contributed by atoms with Crippen molar-refractivity contribution in [2.45, 2.75) is 26.2 Å². The smallest absolute Gasteiger partial charge is 0.170 e. The number of hydrogen-bond acceptors (Lipinski definition) is 5. The minimum atomic E-state index is -0.0298. The van der Waals surface area contributed by atoms with E-state index < -0.39 is 0 Å². The van der Waals surface area contributed by atoms with Crippen molar-refractivity contribution in [1.82, 2.24) is 5.32 Å². The van der Waals surface area contributed by atoms with Gasteiger partial charge in [-0.05, 0) is 6.42 Å². The first-order chi connectivity index (χ1) is 6.66. The number of carbonyl (C=O) groups excluding carboxylic acids is 1. The van der Waals surface area contributed by atoms with Crippen molar-refractivity contribution >= 4 is 11.6 Å². The van der Waals surface area contributed by atoms with Gasteiger partial charge in [0.1, 0.15) is 18.3 Å². The Morgan fingerprint density at radius 2 is 2.29 bits per heavy atom. The number of amidine groups is 1. The van der Waals surface area contributed by atoms with E-state index in [2.05, 4.69) is 10.3 Å². The average Bonchev–Trinajstić information content (AvgIpc) is 2.14. The lowest BCUT2D eigenvalue weighted by atomic mass is 10.0. The fourth-order valence-corrected chi connectivity index (χ4v) is 1.27. The summed E-state index contributed by atoms with van der Waals surface area (Å²) in [7, 11) is 0. The van der Waals surface area contributed by atoms with Crippen molar-refractivity contribution in [3.8, 4) is 0 Å². The van der Waals surface area contributed by atoms with Gasteiger partial charge in [-0.3, -0.25) is 4.79 Å². The molecule has 0 radical (unpaired) electrons. The molecule has 78 valence electrons. The Kier molecular flexibility index (Phi) is 3.50. The Morgan fingerprint density at radius 3 is 2.86 bits per heavy atom. The van der Waals surface area contributed by atoms with Crippen LogP contribution in [0.5, 0.6) is 0 Å². The predicted octanol–water partition coefficient (Wildman–Crippen LogP) is -0.166. The second-order valence-corrected chi connectivity index (χ2v) is 3.19. The topological polar surface area (TPSA) is 93.5 Å². The van der Waals surface area contributed by atoms with Gasteiger partial charge in [0, 0.05) is 6.42 Å². The minimum absolute atomic E-state index is 0.0298. The van der Waals surface area contributed by atoms with E-state index in [1.54, 1.807) is 0 Å². The maximum absolute atomic E-state index is 11.6. The molecule has 0 aliphatic carbocycles. The number of nitrogens with zero attached hydrogens (tertiary/aromatic N) is 1. The van der Waals surface area contributed by atoms with Gasteiger partial charge in [-0.15, -0.1) is 0 Å². The van der Waals surface area contributed by atoms with Crippen LogP contribution in [0.15, 0.2) is 16.4 Å². The summed E-state index contributed by atoms with van der Waals surface area (Å²) in [5.74, 6) is 0.568. The summed E-state index contributed by atoms with van der Waals surface area (Å²) in [5.41, 5.74) is 11.6. The number of unbranched alkanes of at least 4 members (excludes halogenated alkanes) is 1. The molecule has 1 aliphatic rings. The number of ketones is 1. The van der Waals surface area contributed by atoms with Crippen LogP contribution in [0.4, 0.5) is 0 Å². The first kappa shape index (κ1) is 10.6. The lowest BCUT2D eigenvalue weighted by Crippen LogP contribution is -2.36. The van der Waals surface area contributed by atoms with Gasteiger partial charge in [0.2, 0.25) is 0 Å². The number of carbonyl (C=O) groups is 1. The molecule has 5 nitrogen and oxygen atoms in total. The van der Waals surface area contributed by atoms with Crippen LogP contribution in [0.3, 0.4) is 0 Å². The third-order valence-electron chi connectivity index (χ3n) is 2.08. The molecule has 1 aliphatic heterocycles. The summed E-state index contributed by atoms with van der Waals surface area (Å²) < 4.78 is 0. The third-order valence-corrected chi connectivity index (χ3v) is 2.08. The van der Waals surface area contributed by atoms with Crippen LogP contribution < -0.4 is 16.8 Å². The SMILES string of the molecule is CCCCC(=O)C1=C(N)NCN=C1N. The van der Waals surface area contributed by atoms with Gasteiger partial charge in [-0.1, -0.05) is 13.3 Å². The first-order valence-electron chi connectivity index (χ1n) is 4.74. The second-order valence-electron chi connectivity index (χ2n) is 3.19. The fourth-order valence-electron chi connectivity index (χ4n) is 1.27. The van der Waals surface area contributed by atoms with E-state index >= 15 is 0 Å². The highest BCUT2D eigenvalue weighted by molar-refractivity contribution is 6.21. The second kappa shape index (κ2) is 4.64. The van der Waals surface area contributed by atoms with Crippen LogP contribution in [0.1, 0.15) is 26.2 Å². The van der Waals surface area contributed by atoms with Gasteiger partial charge in [0.25, 0.3) is 0 Å². The van der Waals surface area contributed by atoms with E-state index in [1.165, 1.54) is 0 Å². The number of nitrogens with one attached hydrogen (secondary N) is 1. The molecule has 0 saturated heterocycles. The van der Waals surface area contributed by atoms with Gasteiger partial charge in [-0.25, -0.2) is 4.99 Å². The summed E-state index contributed by atoms with van der Waals surface area (Å²) in [4.78, 5) is 15.6. The van der Waals surface area contributed by atoms with Crippen LogP contribution in [0.2, 0.25) is 0 Å². The van der Waals surface area contributed by atoms with E-state index in [4.69, 9.17) is 11.5 Å². The Labute approximate surface area is 83.2 Å². The minimum Gasteiger partial charge on any atom is -0.385 e. The van der Waals surface area contributed by atoms with E-state index in [1.807, 2.05) is 6.92 Å². The van der Waals surface area contributed by atoms with Crippen molar-refractivity contribution in [2.24, 2.45) is 16.5 Å². The number of Topliss-reactive ketones (excluding diaryl/α,β-unsaturated/α-hetero) is 1. The first-order valence-corrected chi connectivity index (χ1v) is 4.74. The number of aliphatic imine (C=N–C) groups is 1. The van der Waals surface area contributed by atoms with Crippen LogP contribution in [-0.2, 0) is 4.79 Å². The highest BCUT2D eigenvalue weighted by atomic mass is 16.1. The lowest BCUT2D eigenvalue weighted by Gasteiger charge is -2.16. The van der Waals surface area contributed by atoms with E-state index in [0.717, 1.165) is 12.8 Å².